The van der Waals surface area contributed by atoms with Crippen LogP contribution < -0.4 is 9.47 Å². The van der Waals surface area contributed by atoms with Crippen molar-refractivity contribution in [3.8, 4) is 28.5 Å². The second kappa shape index (κ2) is 8.50. The summed E-state index contributed by atoms with van der Waals surface area (Å²) in [5.41, 5.74) is 2.19. The summed E-state index contributed by atoms with van der Waals surface area (Å²) in [5.74, 6) is 1.52. The number of fused-ring (bicyclic) bond motifs is 1. The lowest BCUT2D eigenvalue weighted by Crippen LogP contribution is -2.54. The molecule has 5 rings (SSSR count). The monoisotopic (exact) mass is 474 g/mol. The number of hydrogen-bond donors (Lipinski definition) is 0. The van der Waals surface area contributed by atoms with E-state index in [2.05, 4.69) is 10.1 Å². The maximum atomic E-state index is 13.5. The van der Waals surface area contributed by atoms with Gasteiger partial charge in [0.1, 0.15) is 17.2 Å². The summed E-state index contributed by atoms with van der Waals surface area (Å²) in [6.07, 6.45) is 5.31. The number of carbonyl (C=O) groups excluding carboxylic acids is 1. The molecule has 0 aliphatic carbocycles. The van der Waals surface area contributed by atoms with E-state index in [9.17, 15) is 4.79 Å². The molecule has 0 fully saturated rings. The van der Waals surface area contributed by atoms with Crippen LogP contribution >= 0.6 is 11.6 Å². The molecule has 34 heavy (non-hydrogen) atoms. The minimum absolute atomic E-state index is 0.137. The molecular weight excluding hydrogens is 452 g/mol. The van der Waals surface area contributed by atoms with E-state index in [1.54, 1.807) is 46.2 Å². The summed E-state index contributed by atoms with van der Waals surface area (Å²) in [6.45, 7) is 4.12. The third-order valence-electron chi connectivity index (χ3n) is 5.63. The van der Waals surface area contributed by atoms with Crippen molar-refractivity contribution in [3.05, 3.63) is 89.3 Å². The van der Waals surface area contributed by atoms with Crippen LogP contribution in [0.1, 0.15) is 29.8 Å². The molecule has 2 aromatic carbocycles. The Morgan fingerprint density at radius 3 is 2.68 bits per heavy atom. The van der Waals surface area contributed by atoms with Crippen molar-refractivity contribution in [2.24, 2.45) is 7.05 Å². The van der Waals surface area contributed by atoms with Gasteiger partial charge in [0.05, 0.1) is 17.5 Å². The highest BCUT2D eigenvalue weighted by atomic mass is 35.5. The zero-order valence-electron chi connectivity index (χ0n) is 19.0. The topological polar surface area (TPSA) is 69.5 Å². The molecule has 1 aliphatic heterocycles. The number of halogens is 1. The fraction of sp³-hybridized carbons (Fsp3) is 0.192. The van der Waals surface area contributed by atoms with Gasteiger partial charge in [-0.15, -0.1) is 0 Å². The van der Waals surface area contributed by atoms with Gasteiger partial charge in [-0.3, -0.25) is 19.4 Å². The zero-order chi connectivity index (χ0) is 23.9. The lowest BCUT2D eigenvalue weighted by atomic mass is 10.0. The van der Waals surface area contributed by atoms with E-state index >= 15 is 0 Å². The van der Waals surface area contributed by atoms with Crippen molar-refractivity contribution in [2.75, 3.05) is 0 Å². The maximum absolute atomic E-state index is 13.5. The van der Waals surface area contributed by atoms with E-state index in [1.165, 1.54) is 0 Å². The van der Waals surface area contributed by atoms with Crippen molar-refractivity contribution in [3.63, 3.8) is 0 Å². The van der Waals surface area contributed by atoms with Gasteiger partial charge in [-0.05, 0) is 55.8 Å². The largest absolute Gasteiger partial charge is 0.468 e. The van der Waals surface area contributed by atoms with Crippen LogP contribution in [0.5, 0.6) is 17.2 Å². The van der Waals surface area contributed by atoms with Crippen LogP contribution in [0.25, 0.3) is 11.3 Å². The highest BCUT2D eigenvalue weighted by Crippen LogP contribution is 2.37. The predicted molar refractivity (Wildman–Crippen MR) is 129 cm³/mol. The van der Waals surface area contributed by atoms with Crippen molar-refractivity contribution < 1.29 is 14.3 Å². The zero-order valence-corrected chi connectivity index (χ0v) is 19.8. The average Bonchev–Trinajstić information content (AvgIpc) is 3.24. The van der Waals surface area contributed by atoms with Gasteiger partial charge in [-0.1, -0.05) is 23.7 Å². The number of ether oxygens (including phenoxy) is 2. The third kappa shape index (κ3) is 4.34. The highest BCUT2D eigenvalue weighted by Gasteiger charge is 2.40. The second-order valence-corrected chi connectivity index (χ2v) is 9.05. The number of aryl methyl sites for hydroxylation is 1. The Hall–Kier alpha value is -3.84. The molecule has 0 atom stereocenters. The van der Waals surface area contributed by atoms with E-state index in [4.69, 9.17) is 21.1 Å². The van der Waals surface area contributed by atoms with E-state index in [-0.39, 0.29) is 5.91 Å². The summed E-state index contributed by atoms with van der Waals surface area (Å²) in [5, 5.41) is 4.81. The molecule has 0 saturated heterocycles. The Morgan fingerprint density at radius 1 is 1.09 bits per heavy atom. The number of carbonyl (C=O) groups is 1. The Morgan fingerprint density at radius 2 is 1.91 bits per heavy atom. The first-order valence-corrected chi connectivity index (χ1v) is 11.2. The third-order valence-corrected chi connectivity index (χ3v) is 5.87. The van der Waals surface area contributed by atoms with E-state index < -0.39 is 5.72 Å². The van der Waals surface area contributed by atoms with Crippen LogP contribution in [0.4, 0.5) is 0 Å². The molecule has 7 nitrogen and oxygen atoms in total. The second-order valence-electron chi connectivity index (χ2n) is 8.61. The molecule has 3 heterocycles. The minimum Gasteiger partial charge on any atom is -0.468 e. The first-order valence-electron chi connectivity index (χ1n) is 10.8. The number of hydrogen-bond acceptors (Lipinski definition) is 5. The van der Waals surface area contributed by atoms with Crippen LogP contribution in [0.15, 0.2) is 73.2 Å². The van der Waals surface area contributed by atoms with Gasteiger partial charge in [0.2, 0.25) is 0 Å². The van der Waals surface area contributed by atoms with Crippen molar-refractivity contribution in [1.82, 2.24) is 19.7 Å². The number of nitrogens with zero attached hydrogens (tertiary/aromatic N) is 4. The molecule has 2 aromatic heterocycles. The van der Waals surface area contributed by atoms with Crippen LogP contribution in [0.2, 0.25) is 5.02 Å². The Kier molecular flexibility index (Phi) is 5.49. The van der Waals surface area contributed by atoms with Gasteiger partial charge in [0, 0.05) is 42.6 Å². The molecule has 8 heteroatoms. The lowest BCUT2D eigenvalue weighted by Gasteiger charge is -2.43. The van der Waals surface area contributed by atoms with Gasteiger partial charge in [0.25, 0.3) is 5.91 Å². The van der Waals surface area contributed by atoms with Crippen LogP contribution in [0.3, 0.4) is 0 Å². The van der Waals surface area contributed by atoms with Crippen molar-refractivity contribution >= 4 is 17.5 Å². The maximum Gasteiger partial charge on any atom is 0.261 e. The fourth-order valence-electron chi connectivity index (χ4n) is 3.95. The van der Waals surface area contributed by atoms with E-state index in [1.807, 2.05) is 57.4 Å². The molecule has 0 saturated carbocycles. The highest BCUT2D eigenvalue weighted by molar-refractivity contribution is 6.30. The fourth-order valence-corrected chi connectivity index (χ4v) is 4.16. The quantitative estimate of drug-likeness (QED) is 0.371. The molecule has 1 aliphatic rings. The summed E-state index contributed by atoms with van der Waals surface area (Å²) in [6, 6.07) is 16.3. The van der Waals surface area contributed by atoms with Crippen LogP contribution in [-0.4, -0.2) is 31.3 Å². The normalized spacial score (nSPS) is 14.5. The van der Waals surface area contributed by atoms with Gasteiger partial charge in [-0.2, -0.15) is 5.10 Å². The Bertz CT molecular complexity index is 1380. The molecule has 0 unspecified atom stereocenters. The molecule has 0 radical (unpaired) electrons. The standard InChI is InChI=1S/C26H23ClN4O3/c1-26(2)31(15-17-5-4-6-19(27)11-17)25(32)22-12-20(7-8-24(22)34-26)33-21-9-10-28-23(13-21)18-14-29-30(3)16-18/h4-14,16H,15H2,1-3H3. The summed E-state index contributed by atoms with van der Waals surface area (Å²) in [7, 11) is 1.85. The Balaban J connectivity index is 1.41. The number of benzene rings is 2. The molecule has 0 N–H and O–H groups in total. The van der Waals surface area contributed by atoms with Gasteiger partial charge >= 0.3 is 0 Å². The van der Waals surface area contributed by atoms with Crippen LogP contribution in [-0.2, 0) is 13.6 Å². The van der Waals surface area contributed by atoms with Crippen LogP contribution in [0, 0.1) is 0 Å². The Labute approximate surface area is 202 Å². The van der Waals surface area contributed by atoms with Gasteiger partial charge < -0.3 is 9.47 Å². The summed E-state index contributed by atoms with van der Waals surface area (Å²) >= 11 is 6.14. The smallest absolute Gasteiger partial charge is 0.261 e. The first kappa shape index (κ1) is 22.0. The molecular formula is C26H23ClN4O3. The average molecular weight is 475 g/mol. The molecule has 0 spiro atoms. The number of amides is 1. The number of aromatic nitrogens is 3. The first-order chi connectivity index (χ1) is 16.3. The minimum atomic E-state index is -0.821. The van der Waals surface area contributed by atoms with Crippen molar-refractivity contribution in [2.45, 2.75) is 26.1 Å². The van der Waals surface area contributed by atoms with Crippen molar-refractivity contribution in [1.29, 1.82) is 0 Å². The van der Waals surface area contributed by atoms with Gasteiger partial charge in [0.15, 0.2) is 5.72 Å². The SMILES string of the molecule is Cn1cc(-c2cc(Oc3ccc4c(c3)C(=O)N(Cc3cccc(Cl)c3)C(C)(C)O4)ccn2)cn1. The molecule has 0 bridgehead atoms. The molecule has 172 valence electrons. The van der Waals surface area contributed by atoms with Gasteiger partial charge in [-0.25, -0.2) is 0 Å². The summed E-state index contributed by atoms with van der Waals surface area (Å²) in [4.78, 5) is 19.6. The predicted octanol–water partition coefficient (Wildman–Crippen LogP) is 5.70. The van der Waals surface area contributed by atoms with E-state index in [0.29, 0.717) is 34.4 Å². The molecule has 4 aromatic rings. The summed E-state index contributed by atoms with van der Waals surface area (Å²) < 4.78 is 14.0. The lowest BCUT2D eigenvalue weighted by molar-refractivity contribution is -0.0536. The number of pyridine rings is 1. The number of rotatable bonds is 5. The molecule has 1 amide bonds. The van der Waals surface area contributed by atoms with E-state index in [0.717, 1.165) is 16.8 Å².